The first-order valence-corrected chi connectivity index (χ1v) is 10.1. The van der Waals surface area contributed by atoms with Gasteiger partial charge in [-0.15, -0.1) is 0 Å². The summed E-state index contributed by atoms with van der Waals surface area (Å²) in [7, 11) is 0. The van der Waals surface area contributed by atoms with Crippen LogP contribution in [0.2, 0.25) is 0 Å². The number of amides is 1. The van der Waals surface area contributed by atoms with Crippen LogP contribution in [0, 0.1) is 11.3 Å². The molecule has 1 amide bonds. The molecule has 0 spiro atoms. The molecule has 0 atom stereocenters. The Morgan fingerprint density at radius 1 is 1.28 bits per heavy atom. The van der Waals surface area contributed by atoms with E-state index in [1.54, 1.807) is 11.0 Å². The Bertz CT molecular complexity index is 992. The Balaban J connectivity index is 1.71. The molecule has 1 aliphatic rings. The molecule has 0 radical (unpaired) electrons. The zero-order chi connectivity index (χ0) is 20.8. The number of nitrogens with one attached hydrogen (secondary N) is 2. The quantitative estimate of drug-likeness (QED) is 0.743. The number of nitriles is 1. The number of aryl methyl sites for hydroxylation is 2. The van der Waals surface area contributed by atoms with Crippen LogP contribution in [-0.4, -0.2) is 45.4 Å². The number of hydrogen-bond acceptors (Lipinski definition) is 6. The van der Waals surface area contributed by atoms with Crippen molar-refractivity contribution in [2.75, 3.05) is 25.0 Å². The first-order chi connectivity index (χ1) is 14.0. The summed E-state index contributed by atoms with van der Waals surface area (Å²) in [5.41, 5.74) is 2.50. The highest BCUT2D eigenvalue weighted by Crippen LogP contribution is 2.22. The van der Waals surface area contributed by atoms with Gasteiger partial charge in [0, 0.05) is 49.4 Å². The number of H-pyrrole nitrogens is 1. The van der Waals surface area contributed by atoms with Crippen LogP contribution in [0.1, 0.15) is 59.8 Å². The van der Waals surface area contributed by atoms with E-state index in [1.165, 1.54) is 6.07 Å². The van der Waals surface area contributed by atoms with Gasteiger partial charge in [0.15, 0.2) is 0 Å². The number of anilines is 1. The van der Waals surface area contributed by atoms with Crippen molar-refractivity contribution in [3.05, 3.63) is 50.8 Å². The Morgan fingerprint density at radius 3 is 2.79 bits per heavy atom. The molecule has 0 bridgehead atoms. The van der Waals surface area contributed by atoms with E-state index in [0.29, 0.717) is 49.0 Å². The lowest BCUT2D eigenvalue weighted by Crippen LogP contribution is -2.36. The molecule has 0 saturated heterocycles. The molecule has 0 saturated carbocycles. The highest BCUT2D eigenvalue weighted by Gasteiger charge is 2.22. The lowest BCUT2D eigenvalue weighted by atomic mass is 9.92. The topological polar surface area (TPSA) is 115 Å². The number of pyridine rings is 1. The molecular weight excluding hydrogens is 368 g/mol. The predicted molar refractivity (Wildman–Crippen MR) is 110 cm³/mol. The van der Waals surface area contributed by atoms with Crippen molar-refractivity contribution in [1.29, 1.82) is 5.26 Å². The monoisotopic (exact) mass is 394 g/mol. The van der Waals surface area contributed by atoms with E-state index in [9.17, 15) is 9.59 Å². The fourth-order valence-electron chi connectivity index (χ4n) is 3.63. The molecule has 3 rings (SSSR count). The highest BCUT2D eigenvalue weighted by molar-refractivity contribution is 5.96. The average molecular weight is 394 g/mol. The number of carbonyl (C=O) groups excluding carboxylic acids is 1. The van der Waals surface area contributed by atoms with Crippen molar-refractivity contribution in [3.63, 3.8) is 0 Å². The van der Waals surface area contributed by atoms with E-state index in [-0.39, 0.29) is 11.5 Å². The van der Waals surface area contributed by atoms with Crippen molar-refractivity contribution in [2.45, 2.75) is 46.0 Å². The third kappa shape index (κ3) is 4.80. The number of carbonyl (C=O) groups is 1. The van der Waals surface area contributed by atoms with Crippen LogP contribution in [0.25, 0.3) is 0 Å². The molecule has 0 unspecified atom stereocenters. The average Bonchev–Trinajstić information content (AvgIpc) is 2.75. The van der Waals surface area contributed by atoms with E-state index in [2.05, 4.69) is 20.3 Å². The molecule has 8 heteroatoms. The van der Waals surface area contributed by atoms with Crippen LogP contribution in [-0.2, 0) is 19.3 Å². The second-order valence-electron chi connectivity index (χ2n) is 7.04. The number of rotatable bonds is 7. The zero-order valence-corrected chi connectivity index (χ0v) is 16.9. The summed E-state index contributed by atoms with van der Waals surface area (Å²) in [5, 5.41) is 12.3. The first-order valence-electron chi connectivity index (χ1n) is 10.1. The predicted octanol–water partition coefficient (Wildman–Crippen LogP) is 2.05. The summed E-state index contributed by atoms with van der Waals surface area (Å²) < 4.78 is 0. The summed E-state index contributed by atoms with van der Waals surface area (Å²) >= 11 is 0. The summed E-state index contributed by atoms with van der Waals surface area (Å²) in [6.45, 7) is 5.33. The van der Waals surface area contributed by atoms with Crippen LogP contribution in [0.15, 0.2) is 16.9 Å². The van der Waals surface area contributed by atoms with E-state index < -0.39 is 0 Å². The van der Waals surface area contributed by atoms with Gasteiger partial charge in [0.1, 0.15) is 23.4 Å². The largest absolute Gasteiger partial charge is 0.368 e. The Morgan fingerprint density at radius 2 is 2.07 bits per heavy atom. The van der Waals surface area contributed by atoms with Crippen LogP contribution in [0.4, 0.5) is 5.82 Å². The van der Waals surface area contributed by atoms with Crippen LogP contribution < -0.4 is 10.9 Å². The third-order valence-corrected chi connectivity index (χ3v) is 5.13. The molecule has 2 aromatic heterocycles. The SMILES string of the molecule is CCc1nc(C#N)cc(NCCN(CC)C(=O)c2cc(=O)[nH]c3c2CCCC3)n1. The minimum absolute atomic E-state index is 0.117. The number of nitrogens with zero attached hydrogens (tertiary/aromatic N) is 4. The van der Waals surface area contributed by atoms with E-state index in [1.807, 2.05) is 19.9 Å². The van der Waals surface area contributed by atoms with E-state index >= 15 is 0 Å². The van der Waals surface area contributed by atoms with E-state index in [4.69, 9.17) is 5.26 Å². The number of fused-ring (bicyclic) bond motifs is 1. The van der Waals surface area contributed by atoms with Gasteiger partial charge in [-0.05, 0) is 38.2 Å². The maximum absolute atomic E-state index is 13.1. The lowest BCUT2D eigenvalue weighted by molar-refractivity contribution is 0.0768. The van der Waals surface area contributed by atoms with Crippen molar-refractivity contribution >= 4 is 11.7 Å². The van der Waals surface area contributed by atoms with Crippen molar-refractivity contribution < 1.29 is 4.79 Å². The van der Waals surface area contributed by atoms with Gasteiger partial charge in [-0.2, -0.15) is 5.26 Å². The molecule has 152 valence electrons. The van der Waals surface area contributed by atoms with Gasteiger partial charge in [-0.25, -0.2) is 9.97 Å². The lowest BCUT2D eigenvalue weighted by Gasteiger charge is -2.24. The minimum Gasteiger partial charge on any atom is -0.368 e. The Kier molecular flexibility index (Phi) is 6.60. The maximum atomic E-state index is 13.1. The number of aromatic amines is 1. The smallest absolute Gasteiger partial charge is 0.254 e. The zero-order valence-electron chi connectivity index (χ0n) is 16.9. The van der Waals surface area contributed by atoms with Gasteiger partial charge in [-0.1, -0.05) is 6.92 Å². The second kappa shape index (κ2) is 9.32. The molecule has 0 fully saturated rings. The van der Waals surface area contributed by atoms with Gasteiger partial charge < -0.3 is 15.2 Å². The normalized spacial score (nSPS) is 12.7. The van der Waals surface area contributed by atoms with Crippen LogP contribution in [0.5, 0.6) is 0 Å². The highest BCUT2D eigenvalue weighted by atomic mass is 16.2. The first kappa shape index (κ1) is 20.5. The molecule has 29 heavy (non-hydrogen) atoms. The maximum Gasteiger partial charge on any atom is 0.254 e. The summed E-state index contributed by atoms with van der Waals surface area (Å²) in [6.07, 6.45) is 4.33. The van der Waals surface area contributed by atoms with Gasteiger partial charge in [-0.3, -0.25) is 9.59 Å². The van der Waals surface area contributed by atoms with Crippen LogP contribution >= 0.6 is 0 Å². The minimum atomic E-state index is -0.222. The van der Waals surface area contributed by atoms with Crippen molar-refractivity contribution in [1.82, 2.24) is 19.9 Å². The molecule has 0 aliphatic heterocycles. The molecule has 2 N–H and O–H groups in total. The number of likely N-dealkylation sites (N-methyl/N-ethyl adjacent to an activating group) is 1. The summed E-state index contributed by atoms with van der Waals surface area (Å²) in [4.78, 5) is 38.3. The fourth-order valence-corrected chi connectivity index (χ4v) is 3.63. The molecule has 8 nitrogen and oxygen atoms in total. The number of hydrogen-bond donors (Lipinski definition) is 2. The van der Waals surface area contributed by atoms with Crippen LogP contribution in [0.3, 0.4) is 0 Å². The molecule has 0 aromatic carbocycles. The van der Waals surface area contributed by atoms with Gasteiger partial charge >= 0.3 is 0 Å². The molecule has 2 aromatic rings. The Hall–Kier alpha value is -3.21. The van der Waals surface area contributed by atoms with Crippen molar-refractivity contribution in [2.24, 2.45) is 0 Å². The standard InChI is InChI=1S/C21H26N6O2/c1-3-18-24-14(13-22)11-19(26-18)23-9-10-27(4-2)21(29)16-12-20(28)25-17-8-6-5-7-15(16)17/h11-12H,3-10H2,1-2H3,(H,25,28)(H,23,24,26). The molecule has 1 aliphatic carbocycles. The van der Waals surface area contributed by atoms with Crippen molar-refractivity contribution in [3.8, 4) is 6.07 Å². The van der Waals surface area contributed by atoms with Gasteiger partial charge in [0.25, 0.3) is 5.91 Å². The Labute approximate surface area is 170 Å². The fraction of sp³-hybridized carbons (Fsp3) is 0.476. The summed E-state index contributed by atoms with van der Waals surface area (Å²) in [6, 6.07) is 5.07. The molecule has 2 heterocycles. The summed E-state index contributed by atoms with van der Waals surface area (Å²) in [5.74, 6) is 1.06. The third-order valence-electron chi connectivity index (χ3n) is 5.13. The number of aromatic nitrogens is 3. The van der Waals surface area contributed by atoms with Gasteiger partial charge in [0.05, 0.1) is 0 Å². The van der Waals surface area contributed by atoms with E-state index in [0.717, 1.165) is 36.9 Å². The molecular formula is C21H26N6O2. The second-order valence-corrected chi connectivity index (χ2v) is 7.04. The van der Waals surface area contributed by atoms with Gasteiger partial charge in [0.2, 0.25) is 5.56 Å².